The molecule has 0 bridgehead atoms. The molecular formula is C22H19N3O3S. The lowest BCUT2D eigenvalue weighted by Gasteiger charge is -2.19. The Labute approximate surface area is 172 Å². The van der Waals surface area contributed by atoms with Crippen LogP contribution in [0.1, 0.15) is 23.0 Å². The Morgan fingerprint density at radius 3 is 2.72 bits per heavy atom. The molecule has 0 saturated carbocycles. The molecule has 6 nitrogen and oxygen atoms in total. The summed E-state index contributed by atoms with van der Waals surface area (Å²) in [5.41, 5.74) is 3.70. The molecule has 1 aliphatic rings. The highest BCUT2D eigenvalue weighted by Gasteiger charge is 2.22. The van der Waals surface area contributed by atoms with E-state index in [0.717, 1.165) is 17.0 Å². The summed E-state index contributed by atoms with van der Waals surface area (Å²) in [6.45, 7) is 3.73. The van der Waals surface area contributed by atoms with Gasteiger partial charge in [0.15, 0.2) is 17.5 Å². The second-order valence-electron chi connectivity index (χ2n) is 6.72. The number of anilines is 1. The van der Waals surface area contributed by atoms with Gasteiger partial charge in [-0.05, 0) is 38.1 Å². The Bertz CT molecular complexity index is 1090. The lowest BCUT2D eigenvalue weighted by atomic mass is 10.1. The molecule has 1 aliphatic heterocycles. The van der Waals surface area contributed by atoms with Crippen molar-refractivity contribution in [3.8, 4) is 17.0 Å². The molecule has 0 aliphatic carbocycles. The average molecular weight is 405 g/mol. The largest absolute Gasteiger partial charge is 0.482 e. The Morgan fingerprint density at radius 2 is 1.93 bits per heavy atom. The van der Waals surface area contributed by atoms with Crippen LogP contribution in [-0.4, -0.2) is 33.5 Å². The first-order valence-corrected chi connectivity index (χ1v) is 10.1. The monoisotopic (exact) mass is 405 g/mol. The molecule has 1 atom stereocenters. The maximum absolute atomic E-state index is 12.9. The minimum atomic E-state index is -0.390. The number of carbonyl (C=O) groups excluding carboxylic acids is 2. The van der Waals surface area contributed by atoms with Crippen LogP contribution >= 0.6 is 11.8 Å². The summed E-state index contributed by atoms with van der Waals surface area (Å²) in [7, 11) is 0. The Hall–Kier alpha value is -3.19. The number of carbonyl (C=O) groups is 2. The summed E-state index contributed by atoms with van der Waals surface area (Å²) in [4.78, 5) is 33.5. The van der Waals surface area contributed by atoms with Crippen molar-refractivity contribution in [3.05, 3.63) is 65.9 Å². The number of hydrogen-bond donors (Lipinski definition) is 1. The first kappa shape index (κ1) is 19.1. The number of rotatable bonds is 5. The minimum absolute atomic E-state index is 0.0129. The zero-order valence-corrected chi connectivity index (χ0v) is 16.8. The highest BCUT2D eigenvalue weighted by molar-refractivity contribution is 8.00. The maximum Gasteiger partial charge on any atom is 0.262 e. The number of benzene rings is 2. The van der Waals surface area contributed by atoms with Gasteiger partial charge in [-0.1, -0.05) is 42.1 Å². The Morgan fingerprint density at radius 1 is 1.14 bits per heavy atom. The third kappa shape index (κ3) is 4.30. The molecule has 1 aromatic heterocycles. The second kappa shape index (κ2) is 8.05. The van der Waals surface area contributed by atoms with E-state index >= 15 is 0 Å². The van der Waals surface area contributed by atoms with Crippen LogP contribution in [0.2, 0.25) is 0 Å². The fraction of sp³-hybridized carbons (Fsp3) is 0.182. The van der Waals surface area contributed by atoms with Gasteiger partial charge >= 0.3 is 0 Å². The van der Waals surface area contributed by atoms with E-state index in [1.165, 1.54) is 11.8 Å². The summed E-state index contributed by atoms with van der Waals surface area (Å²) in [5.74, 6) is 0.270. The van der Waals surface area contributed by atoms with Crippen molar-refractivity contribution in [2.24, 2.45) is 0 Å². The first-order valence-electron chi connectivity index (χ1n) is 9.18. The molecule has 3 aromatic rings. The van der Waals surface area contributed by atoms with Gasteiger partial charge in [-0.15, -0.1) is 0 Å². The molecule has 2 aromatic carbocycles. The Kier molecular flexibility index (Phi) is 5.31. The summed E-state index contributed by atoms with van der Waals surface area (Å²) >= 11 is 1.32. The van der Waals surface area contributed by atoms with Crippen molar-refractivity contribution in [1.82, 2.24) is 9.97 Å². The first-order chi connectivity index (χ1) is 14.0. The van der Waals surface area contributed by atoms with Gasteiger partial charge in [-0.3, -0.25) is 9.59 Å². The van der Waals surface area contributed by atoms with Crippen LogP contribution in [0.15, 0.2) is 59.8 Å². The van der Waals surface area contributed by atoms with E-state index in [1.807, 2.05) is 50.2 Å². The summed E-state index contributed by atoms with van der Waals surface area (Å²) < 4.78 is 5.35. The predicted molar refractivity (Wildman–Crippen MR) is 112 cm³/mol. The number of thioether (sulfide) groups is 1. The SMILES string of the molecule is Cc1cc(-c2ccccc2)nc(SC(C)C(=O)c2ccc3c(c2)NC(=O)CO3)n1. The van der Waals surface area contributed by atoms with Gasteiger partial charge in [0.2, 0.25) is 0 Å². The fourth-order valence-corrected chi connectivity index (χ4v) is 3.94. The molecule has 7 heteroatoms. The predicted octanol–water partition coefficient (Wildman–Crippen LogP) is 4.15. The molecule has 0 radical (unpaired) electrons. The van der Waals surface area contributed by atoms with Crippen LogP contribution < -0.4 is 10.1 Å². The van der Waals surface area contributed by atoms with Crippen LogP contribution in [-0.2, 0) is 4.79 Å². The number of nitrogens with one attached hydrogen (secondary N) is 1. The molecule has 0 saturated heterocycles. The maximum atomic E-state index is 12.9. The molecule has 1 unspecified atom stereocenters. The zero-order chi connectivity index (χ0) is 20.4. The van der Waals surface area contributed by atoms with Crippen LogP contribution in [0.25, 0.3) is 11.3 Å². The van der Waals surface area contributed by atoms with E-state index in [4.69, 9.17) is 4.74 Å². The smallest absolute Gasteiger partial charge is 0.262 e. The quantitative estimate of drug-likeness (QED) is 0.390. The fourth-order valence-electron chi connectivity index (χ4n) is 3.03. The van der Waals surface area contributed by atoms with Gasteiger partial charge in [0, 0.05) is 16.8 Å². The number of ether oxygens (including phenoxy) is 1. The molecular weight excluding hydrogens is 386 g/mol. The topological polar surface area (TPSA) is 81.2 Å². The van der Waals surface area contributed by atoms with Crippen LogP contribution in [0.3, 0.4) is 0 Å². The molecule has 4 rings (SSSR count). The number of amides is 1. The minimum Gasteiger partial charge on any atom is -0.482 e. The van der Waals surface area contributed by atoms with Crippen molar-refractivity contribution in [2.45, 2.75) is 24.3 Å². The van der Waals surface area contributed by atoms with Gasteiger partial charge in [0.05, 0.1) is 16.6 Å². The van der Waals surface area contributed by atoms with E-state index in [9.17, 15) is 9.59 Å². The number of ketones is 1. The molecule has 29 heavy (non-hydrogen) atoms. The van der Waals surface area contributed by atoms with E-state index < -0.39 is 5.25 Å². The molecule has 1 N–H and O–H groups in total. The van der Waals surface area contributed by atoms with Gasteiger partial charge < -0.3 is 10.1 Å². The van der Waals surface area contributed by atoms with Crippen molar-refractivity contribution in [3.63, 3.8) is 0 Å². The zero-order valence-electron chi connectivity index (χ0n) is 16.0. The summed E-state index contributed by atoms with van der Waals surface area (Å²) in [5, 5.41) is 2.89. The van der Waals surface area contributed by atoms with E-state index in [-0.39, 0.29) is 18.3 Å². The van der Waals surface area contributed by atoms with Crippen molar-refractivity contribution < 1.29 is 14.3 Å². The highest BCUT2D eigenvalue weighted by atomic mass is 32.2. The number of fused-ring (bicyclic) bond motifs is 1. The lowest BCUT2D eigenvalue weighted by molar-refractivity contribution is -0.118. The molecule has 2 heterocycles. The Balaban J connectivity index is 1.54. The molecule has 0 spiro atoms. The molecule has 146 valence electrons. The van der Waals surface area contributed by atoms with Crippen LogP contribution in [0.5, 0.6) is 5.75 Å². The van der Waals surface area contributed by atoms with Crippen LogP contribution in [0.4, 0.5) is 5.69 Å². The summed E-state index contributed by atoms with van der Waals surface area (Å²) in [6, 6.07) is 16.9. The van der Waals surface area contributed by atoms with E-state index in [0.29, 0.717) is 22.2 Å². The van der Waals surface area contributed by atoms with Gasteiger partial charge in [0.25, 0.3) is 5.91 Å². The van der Waals surface area contributed by atoms with Gasteiger partial charge in [0.1, 0.15) is 5.75 Å². The van der Waals surface area contributed by atoms with Crippen molar-refractivity contribution in [2.75, 3.05) is 11.9 Å². The third-order valence-electron chi connectivity index (χ3n) is 4.45. The standard InChI is InChI=1S/C22H19N3O3S/c1-13-10-17(15-6-4-3-5-7-15)25-22(23-13)29-14(2)21(27)16-8-9-19-18(11-16)24-20(26)12-28-19/h3-11,14H,12H2,1-2H3,(H,24,26). The van der Waals surface area contributed by atoms with Crippen molar-refractivity contribution >= 4 is 29.1 Å². The number of hydrogen-bond acceptors (Lipinski definition) is 6. The van der Waals surface area contributed by atoms with Crippen molar-refractivity contribution in [1.29, 1.82) is 0 Å². The molecule has 1 amide bonds. The van der Waals surface area contributed by atoms with E-state index in [2.05, 4.69) is 15.3 Å². The third-order valence-corrected chi connectivity index (χ3v) is 5.41. The normalized spacial score (nSPS) is 13.8. The number of Topliss-reactive ketones (excluding diaryl/α,β-unsaturated/α-hetero) is 1. The van der Waals surface area contributed by atoms with Crippen LogP contribution in [0, 0.1) is 6.92 Å². The number of nitrogens with zero attached hydrogens (tertiary/aromatic N) is 2. The summed E-state index contributed by atoms with van der Waals surface area (Å²) in [6.07, 6.45) is 0. The van der Waals surface area contributed by atoms with Gasteiger partial charge in [-0.2, -0.15) is 0 Å². The number of aryl methyl sites for hydroxylation is 1. The average Bonchev–Trinajstić information content (AvgIpc) is 2.72. The highest BCUT2D eigenvalue weighted by Crippen LogP contribution is 2.31. The van der Waals surface area contributed by atoms with E-state index in [1.54, 1.807) is 18.2 Å². The second-order valence-corrected chi connectivity index (χ2v) is 8.02. The number of aromatic nitrogens is 2. The lowest BCUT2D eigenvalue weighted by Crippen LogP contribution is -2.25. The van der Waals surface area contributed by atoms with Gasteiger partial charge in [-0.25, -0.2) is 9.97 Å². The molecule has 0 fully saturated rings.